The molecule has 110 valence electrons. The minimum absolute atomic E-state index is 0.255. The monoisotopic (exact) mass is 280 g/mol. The fourth-order valence-electron chi connectivity index (χ4n) is 2.81. The molecule has 5 heteroatoms. The van der Waals surface area contributed by atoms with Gasteiger partial charge in [-0.15, -0.1) is 0 Å². The summed E-state index contributed by atoms with van der Waals surface area (Å²) < 4.78 is 13.3. The first-order valence-electron chi connectivity index (χ1n) is 6.98. The molecule has 3 N–H and O–H groups in total. The zero-order valence-electron chi connectivity index (χ0n) is 11.7. The minimum Gasteiger partial charge on any atom is -0.389 e. The molecule has 1 fully saturated rings. The Bertz CT molecular complexity index is 483. The quantitative estimate of drug-likeness (QED) is 0.886. The number of piperidine rings is 1. The van der Waals surface area contributed by atoms with Gasteiger partial charge in [0.05, 0.1) is 6.10 Å². The molecule has 1 aliphatic heterocycles. The first-order chi connectivity index (χ1) is 9.47. The number of carbonyl (C=O) groups is 1. The number of rotatable bonds is 4. The van der Waals surface area contributed by atoms with Crippen LogP contribution in [0.4, 0.5) is 10.1 Å². The number of nitrogens with two attached hydrogens (primary N) is 1. The summed E-state index contributed by atoms with van der Waals surface area (Å²) in [5, 5.41) is 9.78. The Hall–Kier alpha value is -1.62. The van der Waals surface area contributed by atoms with Gasteiger partial charge in [-0.3, -0.25) is 4.79 Å². The van der Waals surface area contributed by atoms with E-state index in [1.165, 1.54) is 12.1 Å². The molecule has 0 bridgehead atoms. The third-order valence-corrected chi connectivity index (χ3v) is 3.88. The number of hydrogen-bond acceptors (Lipinski definition) is 3. The minimum atomic E-state index is -0.705. The van der Waals surface area contributed by atoms with E-state index >= 15 is 0 Å². The van der Waals surface area contributed by atoms with Crippen LogP contribution in [0.15, 0.2) is 18.2 Å². The number of benzene rings is 1. The third kappa shape index (κ3) is 3.48. The summed E-state index contributed by atoms with van der Waals surface area (Å²) in [4.78, 5) is 13.1. The summed E-state index contributed by atoms with van der Waals surface area (Å²) in [5.41, 5.74) is 6.71. The molecule has 1 saturated heterocycles. The van der Waals surface area contributed by atoms with Gasteiger partial charge in [0.1, 0.15) is 5.82 Å². The number of aliphatic hydroxyl groups excluding tert-OH is 1. The van der Waals surface area contributed by atoms with Crippen LogP contribution < -0.4 is 10.6 Å². The van der Waals surface area contributed by atoms with Gasteiger partial charge >= 0.3 is 0 Å². The normalized spacial score (nSPS) is 18.1. The van der Waals surface area contributed by atoms with E-state index in [-0.39, 0.29) is 11.7 Å². The maximum absolute atomic E-state index is 13.3. The lowest BCUT2D eigenvalue weighted by Crippen LogP contribution is -2.35. The summed E-state index contributed by atoms with van der Waals surface area (Å²) in [5.74, 6) is -0.262. The van der Waals surface area contributed by atoms with Gasteiger partial charge < -0.3 is 15.7 Å². The van der Waals surface area contributed by atoms with Gasteiger partial charge in [-0.05, 0) is 43.9 Å². The highest BCUT2D eigenvalue weighted by molar-refractivity contribution is 5.74. The fraction of sp³-hybridized carbons (Fsp3) is 0.533. The molecule has 0 saturated carbocycles. The van der Waals surface area contributed by atoms with Gasteiger partial charge in [-0.25, -0.2) is 4.39 Å². The zero-order valence-corrected chi connectivity index (χ0v) is 11.7. The van der Waals surface area contributed by atoms with E-state index < -0.39 is 6.10 Å². The van der Waals surface area contributed by atoms with Crippen LogP contribution in [0.2, 0.25) is 0 Å². The zero-order chi connectivity index (χ0) is 14.7. The molecule has 1 amide bonds. The molecule has 0 radical (unpaired) electrons. The summed E-state index contributed by atoms with van der Waals surface area (Å²) >= 11 is 0. The maximum atomic E-state index is 13.3. The smallest absolute Gasteiger partial charge is 0.217 e. The van der Waals surface area contributed by atoms with Crippen molar-refractivity contribution in [1.82, 2.24) is 0 Å². The third-order valence-electron chi connectivity index (χ3n) is 3.88. The molecule has 1 aromatic rings. The number of carbonyl (C=O) groups excluding carboxylic acids is 1. The molecule has 20 heavy (non-hydrogen) atoms. The van der Waals surface area contributed by atoms with Crippen molar-refractivity contribution < 1.29 is 14.3 Å². The van der Waals surface area contributed by atoms with Crippen LogP contribution in [0.3, 0.4) is 0 Å². The predicted octanol–water partition coefficient (Wildman–Crippen LogP) is 1.97. The lowest BCUT2D eigenvalue weighted by atomic mass is 9.92. The molecule has 0 unspecified atom stereocenters. The highest BCUT2D eigenvalue weighted by Crippen LogP contribution is 2.31. The highest BCUT2D eigenvalue weighted by Gasteiger charge is 2.23. The molecule has 0 spiro atoms. The lowest BCUT2D eigenvalue weighted by molar-refractivity contribution is -0.119. The first-order valence-corrected chi connectivity index (χ1v) is 6.98. The SMILES string of the molecule is C[C@@H](O)c1cc(F)ccc1N1CCC(CC(N)=O)CC1. The topological polar surface area (TPSA) is 66.6 Å². The Morgan fingerprint density at radius 1 is 1.50 bits per heavy atom. The van der Waals surface area contributed by atoms with Crippen molar-refractivity contribution >= 4 is 11.6 Å². The Morgan fingerprint density at radius 3 is 2.70 bits per heavy atom. The Kier molecular flexibility index (Phi) is 4.60. The number of halogens is 1. The number of aliphatic hydroxyl groups is 1. The summed E-state index contributed by atoms with van der Waals surface area (Å²) in [6.45, 7) is 3.23. The summed E-state index contributed by atoms with van der Waals surface area (Å²) in [7, 11) is 0. The maximum Gasteiger partial charge on any atom is 0.217 e. The molecule has 1 atom stereocenters. The lowest BCUT2D eigenvalue weighted by Gasteiger charge is -2.34. The molecular weight excluding hydrogens is 259 g/mol. The van der Waals surface area contributed by atoms with Crippen molar-refractivity contribution in [2.45, 2.75) is 32.3 Å². The Morgan fingerprint density at radius 2 is 2.15 bits per heavy atom. The summed E-state index contributed by atoms with van der Waals surface area (Å²) in [6, 6.07) is 4.51. The molecule has 0 aromatic heterocycles. The van der Waals surface area contributed by atoms with E-state index in [0.29, 0.717) is 17.9 Å². The van der Waals surface area contributed by atoms with Crippen LogP contribution in [0, 0.1) is 11.7 Å². The molecule has 0 aliphatic carbocycles. The van der Waals surface area contributed by atoms with Crippen LogP contribution in [0.25, 0.3) is 0 Å². The second-order valence-corrected chi connectivity index (χ2v) is 5.48. The number of anilines is 1. The fourth-order valence-corrected chi connectivity index (χ4v) is 2.81. The number of hydrogen-bond donors (Lipinski definition) is 2. The highest BCUT2D eigenvalue weighted by atomic mass is 19.1. The van der Waals surface area contributed by atoms with Gasteiger partial charge in [0.15, 0.2) is 0 Å². The van der Waals surface area contributed by atoms with Crippen LogP contribution in [-0.2, 0) is 4.79 Å². The number of nitrogens with zero attached hydrogens (tertiary/aromatic N) is 1. The van der Waals surface area contributed by atoms with Crippen LogP contribution >= 0.6 is 0 Å². The van der Waals surface area contributed by atoms with E-state index in [4.69, 9.17) is 5.73 Å². The largest absolute Gasteiger partial charge is 0.389 e. The van der Waals surface area contributed by atoms with Gasteiger partial charge in [0.25, 0.3) is 0 Å². The summed E-state index contributed by atoms with van der Waals surface area (Å²) in [6.07, 6.45) is 1.50. The van der Waals surface area contributed by atoms with Crippen molar-refractivity contribution in [2.75, 3.05) is 18.0 Å². The van der Waals surface area contributed by atoms with Crippen molar-refractivity contribution in [1.29, 1.82) is 0 Å². The molecule has 1 aromatic carbocycles. The molecular formula is C15H21FN2O2. The number of primary amides is 1. The average molecular weight is 280 g/mol. The van der Waals surface area contributed by atoms with E-state index in [9.17, 15) is 14.3 Å². The molecule has 4 nitrogen and oxygen atoms in total. The van der Waals surface area contributed by atoms with Crippen molar-refractivity contribution in [3.63, 3.8) is 0 Å². The van der Waals surface area contributed by atoms with Crippen LogP contribution in [0.5, 0.6) is 0 Å². The van der Waals surface area contributed by atoms with E-state index in [0.717, 1.165) is 31.6 Å². The van der Waals surface area contributed by atoms with E-state index in [1.807, 2.05) is 0 Å². The number of amides is 1. The Labute approximate surface area is 118 Å². The van der Waals surface area contributed by atoms with Gasteiger partial charge in [0.2, 0.25) is 5.91 Å². The first kappa shape index (κ1) is 14.8. The van der Waals surface area contributed by atoms with Gasteiger partial charge in [-0.1, -0.05) is 0 Å². The van der Waals surface area contributed by atoms with Crippen molar-refractivity contribution in [2.24, 2.45) is 11.7 Å². The van der Waals surface area contributed by atoms with Crippen LogP contribution in [0.1, 0.15) is 37.9 Å². The van der Waals surface area contributed by atoms with Crippen molar-refractivity contribution in [3.05, 3.63) is 29.6 Å². The standard InChI is InChI=1S/C15H21FN2O2/c1-10(19)13-9-12(16)2-3-14(13)18-6-4-11(5-7-18)8-15(17)20/h2-3,9-11,19H,4-8H2,1H3,(H2,17,20)/t10-/m1/s1. The van der Waals surface area contributed by atoms with Gasteiger partial charge in [-0.2, -0.15) is 0 Å². The average Bonchev–Trinajstić information content (AvgIpc) is 2.39. The molecule has 1 aliphatic rings. The van der Waals surface area contributed by atoms with E-state index in [1.54, 1.807) is 13.0 Å². The van der Waals surface area contributed by atoms with E-state index in [2.05, 4.69) is 4.90 Å². The Balaban J connectivity index is 2.09. The second-order valence-electron chi connectivity index (χ2n) is 5.48. The molecule has 2 rings (SSSR count). The van der Waals surface area contributed by atoms with Gasteiger partial charge in [0, 0.05) is 30.8 Å². The second kappa shape index (κ2) is 6.22. The van der Waals surface area contributed by atoms with Crippen LogP contribution in [-0.4, -0.2) is 24.1 Å². The predicted molar refractivity (Wildman–Crippen MR) is 75.8 cm³/mol. The molecule has 1 heterocycles. The van der Waals surface area contributed by atoms with Crippen molar-refractivity contribution in [3.8, 4) is 0 Å².